The molecule has 34 heavy (non-hydrogen) atoms. The maximum atomic E-state index is 12.9. The van der Waals surface area contributed by atoms with E-state index in [0.29, 0.717) is 11.6 Å². The topological polar surface area (TPSA) is 87.6 Å². The molecule has 0 atom stereocenters. The van der Waals surface area contributed by atoms with E-state index >= 15 is 0 Å². The van der Waals surface area contributed by atoms with Gasteiger partial charge >= 0.3 is 0 Å². The number of rotatable bonds is 6. The SMILES string of the molecule is Cc1ccc(NS(=O)(=O)c2cccc(C(=O)NN=C3CCC(c4ccccc4)CC3)c2)c(C)c1. The normalized spacial score (nSPS) is 16.1. The van der Waals surface area contributed by atoms with Crippen LogP contribution in [0.1, 0.15) is 58.6 Å². The first-order chi connectivity index (χ1) is 16.3. The number of amides is 1. The molecule has 0 radical (unpaired) electrons. The lowest BCUT2D eigenvalue weighted by molar-refractivity contribution is 0.0954. The van der Waals surface area contributed by atoms with E-state index in [9.17, 15) is 13.2 Å². The lowest BCUT2D eigenvalue weighted by Gasteiger charge is -2.23. The zero-order valence-electron chi connectivity index (χ0n) is 19.4. The molecule has 3 aromatic rings. The number of nitrogens with zero attached hydrogens (tertiary/aromatic N) is 1. The van der Waals surface area contributed by atoms with Crippen molar-refractivity contribution in [3.05, 3.63) is 95.1 Å². The summed E-state index contributed by atoms with van der Waals surface area (Å²) in [5.41, 5.74) is 7.54. The van der Waals surface area contributed by atoms with Crippen molar-refractivity contribution >= 4 is 27.3 Å². The van der Waals surface area contributed by atoms with Gasteiger partial charge in [-0.3, -0.25) is 9.52 Å². The number of anilines is 1. The van der Waals surface area contributed by atoms with E-state index in [4.69, 9.17) is 0 Å². The van der Waals surface area contributed by atoms with Gasteiger partial charge in [0.05, 0.1) is 10.6 Å². The minimum atomic E-state index is -3.84. The predicted molar refractivity (Wildman–Crippen MR) is 136 cm³/mol. The largest absolute Gasteiger partial charge is 0.279 e. The van der Waals surface area contributed by atoms with Crippen LogP contribution in [0.25, 0.3) is 0 Å². The average Bonchev–Trinajstić information content (AvgIpc) is 2.85. The molecule has 3 aromatic carbocycles. The van der Waals surface area contributed by atoms with Crippen molar-refractivity contribution in [1.29, 1.82) is 0 Å². The van der Waals surface area contributed by atoms with Gasteiger partial charge in [0.25, 0.3) is 15.9 Å². The Bertz CT molecular complexity index is 1310. The molecule has 0 aliphatic heterocycles. The van der Waals surface area contributed by atoms with E-state index in [2.05, 4.69) is 39.5 Å². The molecular formula is C27H29N3O3S. The maximum absolute atomic E-state index is 12.9. The van der Waals surface area contributed by atoms with E-state index in [0.717, 1.165) is 42.5 Å². The van der Waals surface area contributed by atoms with E-state index in [1.807, 2.05) is 32.0 Å². The Kier molecular flexibility index (Phi) is 7.12. The highest BCUT2D eigenvalue weighted by atomic mass is 32.2. The van der Waals surface area contributed by atoms with Crippen LogP contribution in [0.15, 0.2) is 82.8 Å². The van der Waals surface area contributed by atoms with Gasteiger partial charge in [-0.15, -0.1) is 0 Å². The van der Waals surface area contributed by atoms with Crippen LogP contribution >= 0.6 is 0 Å². The van der Waals surface area contributed by atoms with Crippen molar-refractivity contribution in [3.8, 4) is 0 Å². The summed E-state index contributed by atoms with van der Waals surface area (Å²) in [6, 6.07) is 21.9. The molecule has 176 valence electrons. The summed E-state index contributed by atoms with van der Waals surface area (Å²) in [4.78, 5) is 12.7. The minimum Gasteiger partial charge on any atom is -0.279 e. The summed E-state index contributed by atoms with van der Waals surface area (Å²) in [7, 11) is -3.84. The molecule has 1 fully saturated rings. The summed E-state index contributed by atoms with van der Waals surface area (Å²) in [5.74, 6) is 0.0867. The third kappa shape index (κ3) is 5.72. The fraction of sp³-hybridized carbons (Fsp3) is 0.259. The number of aryl methyl sites for hydroxylation is 2. The highest BCUT2D eigenvalue weighted by Gasteiger charge is 2.20. The highest BCUT2D eigenvalue weighted by molar-refractivity contribution is 7.92. The summed E-state index contributed by atoms with van der Waals surface area (Å²) in [6.07, 6.45) is 3.65. The summed E-state index contributed by atoms with van der Waals surface area (Å²) in [6.45, 7) is 3.80. The van der Waals surface area contributed by atoms with Gasteiger partial charge in [-0.25, -0.2) is 13.8 Å². The van der Waals surface area contributed by atoms with Crippen molar-refractivity contribution in [2.24, 2.45) is 5.10 Å². The van der Waals surface area contributed by atoms with E-state index in [1.54, 1.807) is 18.2 Å². The fourth-order valence-corrected chi connectivity index (χ4v) is 5.43. The summed E-state index contributed by atoms with van der Waals surface area (Å²) < 4.78 is 28.4. The smallest absolute Gasteiger partial charge is 0.271 e. The number of benzene rings is 3. The van der Waals surface area contributed by atoms with Gasteiger partial charge in [0.1, 0.15) is 0 Å². The Morgan fingerprint density at radius 3 is 2.35 bits per heavy atom. The second-order valence-corrected chi connectivity index (χ2v) is 10.4. The molecule has 1 aliphatic rings. The van der Waals surface area contributed by atoms with Crippen LogP contribution in [0, 0.1) is 13.8 Å². The standard InChI is InChI=1S/C27H29N3O3S/c1-19-11-16-26(20(2)17-19)30-34(32,33)25-10-6-9-23(18-25)27(31)29-28-24-14-12-22(13-15-24)21-7-4-3-5-8-21/h3-11,16-18,22,30H,12-15H2,1-2H3,(H,29,31). The van der Waals surface area contributed by atoms with Crippen LogP contribution in [0.5, 0.6) is 0 Å². The molecular weight excluding hydrogens is 446 g/mol. The Labute approximate surface area is 201 Å². The Hall–Kier alpha value is -3.45. The zero-order chi connectivity index (χ0) is 24.1. The molecule has 0 aromatic heterocycles. The van der Waals surface area contributed by atoms with Gasteiger partial charge in [0.15, 0.2) is 0 Å². The average molecular weight is 476 g/mol. The van der Waals surface area contributed by atoms with Crippen molar-refractivity contribution in [3.63, 3.8) is 0 Å². The number of hydrogen-bond donors (Lipinski definition) is 2. The van der Waals surface area contributed by atoms with Crippen molar-refractivity contribution < 1.29 is 13.2 Å². The van der Waals surface area contributed by atoms with E-state index in [1.165, 1.54) is 17.7 Å². The van der Waals surface area contributed by atoms with E-state index < -0.39 is 15.9 Å². The molecule has 0 bridgehead atoms. The van der Waals surface area contributed by atoms with Gasteiger partial charge in [0, 0.05) is 11.3 Å². The number of carbonyl (C=O) groups is 1. The molecule has 4 rings (SSSR count). The molecule has 1 amide bonds. The third-order valence-corrected chi connectivity index (χ3v) is 7.55. The number of nitrogens with one attached hydrogen (secondary N) is 2. The molecule has 1 aliphatic carbocycles. The van der Waals surface area contributed by atoms with Crippen LogP contribution in [-0.4, -0.2) is 20.0 Å². The lowest BCUT2D eigenvalue weighted by Crippen LogP contribution is -2.22. The Balaban J connectivity index is 1.40. The first-order valence-corrected chi connectivity index (χ1v) is 12.9. The molecule has 0 saturated heterocycles. The van der Waals surface area contributed by atoms with Gasteiger partial charge in [-0.05, 0) is 80.8 Å². The zero-order valence-corrected chi connectivity index (χ0v) is 20.2. The fourth-order valence-electron chi connectivity index (χ4n) is 4.25. The number of hydrogen-bond acceptors (Lipinski definition) is 4. The molecule has 7 heteroatoms. The molecule has 2 N–H and O–H groups in total. The first-order valence-electron chi connectivity index (χ1n) is 11.4. The Morgan fingerprint density at radius 1 is 0.912 bits per heavy atom. The summed E-state index contributed by atoms with van der Waals surface area (Å²) in [5, 5.41) is 4.32. The number of sulfonamides is 1. The van der Waals surface area contributed by atoms with Crippen LogP contribution in [0.4, 0.5) is 5.69 Å². The predicted octanol–water partition coefficient (Wildman–Crippen LogP) is 5.55. The monoisotopic (exact) mass is 475 g/mol. The molecule has 0 spiro atoms. The van der Waals surface area contributed by atoms with Crippen LogP contribution in [0.2, 0.25) is 0 Å². The van der Waals surface area contributed by atoms with Gasteiger partial charge < -0.3 is 0 Å². The van der Waals surface area contributed by atoms with Crippen LogP contribution in [-0.2, 0) is 10.0 Å². The lowest BCUT2D eigenvalue weighted by atomic mass is 9.83. The molecule has 0 unspecified atom stereocenters. The second-order valence-electron chi connectivity index (χ2n) is 8.76. The molecule has 0 heterocycles. The highest BCUT2D eigenvalue weighted by Crippen LogP contribution is 2.31. The number of carbonyl (C=O) groups excluding carboxylic acids is 1. The summed E-state index contributed by atoms with van der Waals surface area (Å²) >= 11 is 0. The van der Waals surface area contributed by atoms with Gasteiger partial charge in [0.2, 0.25) is 0 Å². The second kappa shape index (κ2) is 10.2. The van der Waals surface area contributed by atoms with Gasteiger partial charge in [-0.1, -0.05) is 54.1 Å². The van der Waals surface area contributed by atoms with Gasteiger partial charge in [-0.2, -0.15) is 5.10 Å². The number of hydrazone groups is 1. The van der Waals surface area contributed by atoms with Crippen LogP contribution in [0.3, 0.4) is 0 Å². The third-order valence-electron chi connectivity index (χ3n) is 6.18. The van der Waals surface area contributed by atoms with Crippen molar-refractivity contribution in [2.75, 3.05) is 4.72 Å². The first kappa shape index (κ1) is 23.7. The quantitative estimate of drug-likeness (QED) is 0.458. The van der Waals surface area contributed by atoms with Crippen molar-refractivity contribution in [1.82, 2.24) is 5.43 Å². The van der Waals surface area contributed by atoms with Crippen molar-refractivity contribution in [2.45, 2.75) is 50.3 Å². The maximum Gasteiger partial charge on any atom is 0.271 e. The van der Waals surface area contributed by atoms with Crippen LogP contribution < -0.4 is 10.1 Å². The molecule has 1 saturated carbocycles. The minimum absolute atomic E-state index is 0.0242. The molecule has 6 nitrogen and oxygen atoms in total. The Morgan fingerprint density at radius 2 is 1.65 bits per heavy atom. The van der Waals surface area contributed by atoms with E-state index in [-0.39, 0.29) is 10.5 Å².